The molecule has 0 aliphatic carbocycles. The molecule has 0 saturated heterocycles. The van der Waals surface area contributed by atoms with Gasteiger partial charge in [-0.05, 0) is 23.8 Å². The van der Waals surface area contributed by atoms with E-state index in [4.69, 9.17) is 11.6 Å². The Morgan fingerprint density at radius 2 is 2.30 bits per heavy atom. The lowest BCUT2D eigenvalue weighted by atomic mass is 10.2. The second-order valence-electron chi connectivity index (χ2n) is 2.35. The highest BCUT2D eigenvalue weighted by atomic mass is 35.5. The zero-order valence-corrected chi connectivity index (χ0v) is 7.63. The summed E-state index contributed by atoms with van der Waals surface area (Å²) in [6.07, 6.45) is 3.63. The van der Waals surface area contributed by atoms with Gasteiger partial charge in [-0.15, -0.1) is 0 Å². The Morgan fingerprint density at radius 1 is 1.50 bits per heavy atom. The Hall–Kier alpha value is -0.0100. The molecule has 0 fully saturated rings. The predicted molar refractivity (Wildman–Crippen MR) is 47.9 cm³/mol. The molecule has 0 aliphatic heterocycles. The van der Waals surface area contributed by atoms with Gasteiger partial charge in [0.15, 0.2) is 0 Å². The van der Waals surface area contributed by atoms with Crippen LogP contribution in [-0.2, 0) is 6.42 Å². The first-order chi connectivity index (χ1) is 4.84. The Labute approximate surface area is 70.8 Å². The van der Waals surface area contributed by atoms with Crippen molar-refractivity contribution in [1.29, 1.82) is 0 Å². The molecule has 2 heteroatoms. The molecule has 0 saturated carbocycles. The highest BCUT2D eigenvalue weighted by molar-refractivity contribution is 7.08. The van der Waals surface area contributed by atoms with Crippen LogP contribution in [-0.4, -0.2) is 0 Å². The summed E-state index contributed by atoms with van der Waals surface area (Å²) in [5.74, 6) is 0. The van der Waals surface area contributed by atoms with E-state index in [1.807, 2.05) is 5.38 Å². The SMILES string of the molecule is CCCCc1cscc1Cl. The van der Waals surface area contributed by atoms with Crippen LogP contribution in [0, 0.1) is 0 Å². The van der Waals surface area contributed by atoms with Gasteiger partial charge < -0.3 is 0 Å². The topological polar surface area (TPSA) is 0 Å². The molecule has 0 N–H and O–H groups in total. The number of aryl methyl sites for hydroxylation is 1. The van der Waals surface area contributed by atoms with Gasteiger partial charge in [-0.3, -0.25) is 0 Å². The van der Waals surface area contributed by atoms with Crippen molar-refractivity contribution in [2.24, 2.45) is 0 Å². The zero-order valence-electron chi connectivity index (χ0n) is 6.06. The first-order valence-corrected chi connectivity index (χ1v) is 4.87. The van der Waals surface area contributed by atoms with Gasteiger partial charge in [-0.1, -0.05) is 24.9 Å². The standard InChI is InChI=1S/C8H11ClS/c1-2-3-4-7-5-10-6-8(7)9/h5-6H,2-4H2,1H3. The van der Waals surface area contributed by atoms with E-state index in [0.29, 0.717) is 0 Å². The molecule has 1 rings (SSSR count). The van der Waals surface area contributed by atoms with Crippen LogP contribution in [0.2, 0.25) is 5.02 Å². The molecule has 0 atom stereocenters. The van der Waals surface area contributed by atoms with E-state index in [-0.39, 0.29) is 0 Å². The minimum absolute atomic E-state index is 0.943. The summed E-state index contributed by atoms with van der Waals surface area (Å²) in [6, 6.07) is 0. The lowest BCUT2D eigenvalue weighted by Gasteiger charge is -1.94. The minimum atomic E-state index is 0.943. The van der Waals surface area contributed by atoms with Gasteiger partial charge in [-0.25, -0.2) is 0 Å². The molecule has 0 aromatic carbocycles. The largest absolute Gasteiger partial charge is 0.151 e. The summed E-state index contributed by atoms with van der Waals surface area (Å²) >= 11 is 7.57. The van der Waals surface area contributed by atoms with E-state index >= 15 is 0 Å². The smallest absolute Gasteiger partial charge is 0.0544 e. The van der Waals surface area contributed by atoms with Gasteiger partial charge in [0.25, 0.3) is 0 Å². The van der Waals surface area contributed by atoms with Crippen molar-refractivity contribution in [3.05, 3.63) is 21.3 Å². The number of rotatable bonds is 3. The molecule has 0 aliphatic rings. The highest BCUT2D eigenvalue weighted by Crippen LogP contribution is 2.21. The molecule has 0 bridgehead atoms. The van der Waals surface area contributed by atoms with Crippen LogP contribution >= 0.6 is 22.9 Å². The molecular formula is C8H11ClS. The molecule has 56 valence electrons. The van der Waals surface area contributed by atoms with Crippen molar-refractivity contribution >= 4 is 22.9 Å². The van der Waals surface area contributed by atoms with Crippen molar-refractivity contribution in [1.82, 2.24) is 0 Å². The molecule has 0 spiro atoms. The Morgan fingerprint density at radius 3 is 2.80 bits per heavy atom. The van der Waals surface area contributed by atoms with Gasteiger partial charge in [0.2, 0.25) is 0 Å². The third-order valence-electron chi connectivity index (χ3n) is 1.49. The van der Waals surface area contributed by atoms with Crippen molar-refractivity contribution in [3.63, 3.8) is 0 Å². The molecule has 0 unspecified atom stereocenters. The van der Waals surface area contributed by atoms with Gasteiger partial charge in [0.05, 0.1) is 5.02 Å². The predicted octanol–water partition coefficient (Wildman–Crippen LogP) is 3.74. The second kappa shape index (κ2) is 3.99. The first kappa shape index (κ1) is 8.09. The third-order valence-corrected chi connectivity index (χ3v) is 2.76. The third kappa shape index (κ3) is 1.99. The molecular weight excluding hydrogens is 164 g/mol. The lowest BCUT2D eigenvalue weighted by Crippen LogP contribution is -1.80. The summed E-state index contributed by atoms with van der Waals surface area (Å²) in [5.41, 5.74) is 1.31. The van der Waals surface area contributed by atoms with Crippen LogP contribution in [0.25, 0.3) is 0 Å². The van der Waals surface area contributed by atoms with Gasteiger partial charge in [0, 0.05) is 5.38 Å². The number of hydrogen-bond donors (Lipinski definition) is 0. The Kier molecular flexibility index (Phi) is 3.23. The van der Waals surface area contributed by atoms with E-state index in [1.165, 1.54) is 18.4 Å². The van der Waals surface area contributed by atoms with E-state index in [1.54, 1.807) is 11.3 Å². The average molecular weight is 175 g/mol. The fourth-order valence-corrected chi connectivity index (χ4v) is 1.97. The fraction of sp³-hybridized carbons (Fsp3) is 0.500. The molecule has 1 heterocycles. The van der Waals surface area contributed by atoms with Crippen LogP contribution in [0.4, 0.5) is 0 Å². The van der Waals surface area contributed by atoms with Crippen LogP contribution < -0.4 is 0 Å². The van der Waals surface area contributed by atoms with E-state index in [0.717, 1.165) is 11.4 Å². The van der Waals surface area contributed by atoms with Gasteiger partial charge >= 0.3 is 0 Å². The molecule has 0 nitrogen and oxygen atoms in total. The highest BCUT2D eigenvalue weighted by Gasteiger charge is 1.98. The quantitative estimate of drug-likeness (QED) is 0.655. The molecule has 1 aromatic rings. The monoisotopic (exact) mass is 174 g/mol. The zero-order chi connectivity index (χ0) is 7.40. The van der Waals surface area contributed by atoms with Crippen molar-refractivity contribution in [2.45, 2.75) is 26.2 Å². The number of unbranched alkanes of at least 4 members (excludes halogenated alkanes) is 1. The Balaban J connectivity index is 2.49. The van der Waals surface area contributed by atoms with Crippen molar-refractivity contribution in [2.75, 3.05) is 0 Å². The molecule has 10 heavy (non-hydrogen) atoms. The van der Waals surface area contributed by atoms with Crippen LogP contribution in [0.5, 0.6) is 0 Å². The minimum Gasteiger partial charge on any atom is -0.151 e. The summed E-state index contributed by atoms with van der Waals surface area (Å²) in [6.45, 7) is 2.19. The normalized spacial score (nSPS) is 10.2. The lowest BCUT2D eigenvalue weighted by molar-refractivity contribution is 0.797. The molecule has 0 amide bonds. The first-order valence-electron chi connectivity index (χ1n) is 3.55. The van der Waals surface area contributed by atoms with Crippen LogP contribution in [0.1, 0.15) is 25.3 Å². The summed E-state index contributed by atoms with van der Waals surface area (Å²) < 4.78 is 0. The second-order valence-corrected chi connectivity index (χ2v) is 3.50. The van der Waals surface area contributed by atoms with Crippen molar-refractivity contribution in [3.8, 4) is 0 Å². The van der Waals surface area contributed by atoms with E-state index in [2.05, 4.69) is 12.3 Å². The maximum atomic E-state index is 5.89. The fourth-order valence-electron chi connectivity index (χ4n) is 0.853. The van der Waals surface area contributed by atoms with Crippen LogP contribution in [0.15, 0.2) is 10.8 Å². The van der Waals surface area contributed by atoms with Crippen molar-refractivity contribution < 1.29 is 0 Å². The summed E-state index contributed by atoms with van der Waals surface area (Å²) in [5, 5.41) is 5.07. The Bertz CT molecular complexity index is 193. The maximum absolute atomic E-state index is 5.89. The number of hydrogen-bond acceptors (Lipinski definition) is 1. The van der Waals surface area contributed by atoms with Gasteiger partial charge in [-0.2, -0.15) is 11.3 Å². The number of halogens is 1. The summed E-state index contributed by atoms with van der Waals surface area (Å²) in [7, 11) is 0. The maximum Gasteiger partial charge on any atom is 0.0544 e. The molecule has 0 radical (unpaired) electrons. The average Bonchev–Trinajstić information content (AvgIpc) is 2.31. The molecule has 1 aromatic heterocycles. The van der Waals surface area contributed by atoms with Crippen LogP contribution in [0.3, 0.4) is 0 Å². The van der Waals surface area contributed by atoms with E-state index < -0.39 is 0 Å². The number of thiophene rings is 1. The van der Waals surface area contributed by atoms with E-state index in [9.17, 15) is 0 Å². The summed E-state index contributed by atoms with van der Waals surface area (Å²) in [4.78, 5) is 0. The van der Waals surface area contributed by atoms with Gasteiger partial charge in [0.1, 0.15) is 0 Å².